The van der Waals surface area contributed by atoms with Gasteiger partial charge in [0.15, 0.2) is 0 Å². The minimum Gasteiger partial charge on any atom is -0.507 e. The number of benzene rings is 2. The molecule has 168 valence electrons. The normalized spacial score (nSPS) is 10.0. The molecule has 0 saturated heterocycles. The third-order valence-electron chi connectivity index (χ3n) is 3.71. The van der Waals surface area contributed by atoms with Crippen LogP contribution in [0.25, 0.3) is 0 Å². The fourth-order valence-electron chi connectivity index (χ4n) is 2.46. The third-order valence-corrected chi connectivity index (χ3v) is 3.71. The van der Waals surface area contributed by atoms with E-state index in [1.165, 1.54) is 0 Å². The summed E-state index contributed by atoms with van der Waals surface area (Å²) in [7, 11) is 0. The van der Waals surface area contributed by atoms with Gasteiger partial charge in [-0.15, -0.1) is 0 Å². The van der Waals surface area contributed by atoms with Crippen LogP contribution in [0.3, 0.4) is 0 Å². The highest BCUT2D eigenvalue weighted by Gasteiger charge is 2.15. The number of phenols is 1. The molecule has 1 amide bonds. The zero-order valence-electron chi connectivity index (χ0n) is 20.1. The van der Waals surface area contributed by atoms with Crippen molar-refractivity contribution in [1.29, 1.82) is 0 Å². The van der Waals surface area contributed by atoms with Crippen molar-refractivity contribution in [3.63, 3.8) is 0 Å². The number of hydrogen-bond acceptors (Lipinski definition) is 4. The van der Waals surface area contributed by atoms with Crippen LogP contribution in [-0.2, 0) is 11.2 Å². The number of alkyl carbamates (subject to hydrolysis) is 1. The molecule has 0 heterocycles. The first-order chi connectivity index (χ1) is 14.1. The molecule has 0 saturated carbocycles. The lowest BCUT2D eigenvalue weighted by Gasteiger charge is -2.19. The fourth-order valence-corrected chi connectivity index (χ4v) is 2.46. The van der Waals surface area contributed by atoms with Crippen molar-refractivity contribution in [2.45, 2.75) is 74.3 Å². The smallest absolute Gasteiger partial charge is 0.407 e. The highest BCUT2D eigenvalue weighted by molar-refractivity contribution is 5.67. The number of carbonyl (C=O) groups excluding carboxylic acids is 1. The lowest BCUT2D eigenvalue weighted by Crippen LogP contribution is -2.33. The van der Waals surface area contributed by atoms with Crippen LogP contribution in [0.15, 0.2) is 36.4 Å². The predicted molar refractivity (Wildman–Crippen MR) is 125 cm³/mol. The van der Waals surface area contributed by atoms with E-state index in [0.717, 1.165) is 22.4 Å². The van der Waals surface area contributed by atoms with Crippen molar-refractivity contribution in [2.24, 2.45) is 0 Å². The molecule has 0 aliphatic rings. The van der Waals surface area contributed by atoms with E-state index in [1.807, 2.05) is 86.6 Å². The SMILES string of the molecule is CC.CC.Cc1cc(Oc2ccc(CCNC(=O)OC(C)(C)C)cc2)cc(C)c1O. The second-order valence-electron chi connectivity index (χ2n) is 7.33. The number of hydrogen-bond donors (Lipinski definition) is 2. The summed E-state index contributed by atoms with van der Waals surface area (Å²) < 4.78 is 11.0. The van der Waals surface area contributed by atoms with Gasteiger partial charge in [0.2, 0.25) is 0 Å². The van der Waals surface area contributed by atoms with Gasteiger partial charge < -0.3 is 19.9 Å². The summed E-state index contributed by atoms with van der Waals surface area (Å²) in [5.74, 6) is 1.71. The molecule has 5 heteroatoms. The number of phenolic OH excluding ortho intramolecular Hbond substituents is 1. The Morgan fingerprint density at radius 2 is 1.43 bits per heavy atom. The maximum atomic E-state index is 11.6. The minimum absolute atomic E-state index is 0.296. The van der Waals surface area contributed by atoms with Crippen LogP contribution >= 0.6 is 0 Å². The monoisotopic (exact) mass is 417 g/mol. The van der Waals surface area contributed by atoms with E-state index in [2.05, 4.69) is 5.32 Å². The summed E-state index contributed by atoms with van der Waals surface area (Å²) in [4.78, 5) is 11.6. The molecule has 0 aliphatic heterocycles. The standard InChI is InChI=1S/C21H27NO4.2C2H6/c1-14-12-18(13-15(2)19(14)23)25-17-8-6-16(7-9-17)10-11-22-20(24)26-21(3,4)5;2*1-2/h6-9,12-13,23H,10-11H2,1-5H3,(H,22,24);2*1-2H3. The maximum absolute atomic E-state index is 11.6. The lowest BCUT2D eigenvalue weighted by atomic mass is 10.1. The van der Waals surface area contributed by atoms with Crippen LogP contribution in [0, 0.1) is 13.8 Å². The van der Waals surface area contributed by atoms with E-state index in [0.29, 0.717) is 24.5 Å². The first kappa shape index (κ1) is 27.3. The summed E-state index contributed by atoms with van der Waals surface area (Å²) >= 11 is 0. The van der Waals surface area contributed by atoms with Crippen LogP contribution in [0.5, 0.6) is 17.2 Å². The molecular formula is C25H39NO4. The number of amides is 1. The fraction of sp³-hybridized carbons (Fsp3) is 0.480. The molecule has 0 atom stereocenters. The van der Waals surface area contributed by atoms with Crippen molar-refractivity contribution in [2.75, 3.05) is 6.54 Å². The molecule has 0 spiro atoms. The Balaban J connectivity index is 0.00000198. The number of carbonyl (C=O) groups is 1. The number of aromatic hydroxyl groups is 1. The number of aryl methyl sites for hydroxylation is 2. The Hall–Kier alpha value is -2.69. The first-order valence-corrected chi connectivity index (χ1v) is 10.7. The third kappa shape index (κ3) is 10.2. The molecule has 0 radical (unpaired) electrons. The molecule has 0 fully saturated rings. The Morgan fingerprint density at radius 1 is 0.933 bits per heavy atom. The van der Waals surface area contributed by atoms with Gasteiger partial charge in [-0.05, 0) is 82.0 Å². The molecule has 0 aliphatic carbocycles. The van der Waals surface area contributed by atoms with Gasteiger partial charge >= 0.3 is 6.09 Å². The Kier molecular flexibility index (Phi) is 12.3. The van der Waals surface area contributed by atoms with Gasteiger partial charge in [-0.25, -0.2) is 4.79 Å². The molecule has 0 aromatic heterocycles. The van der Waals surface area contributed by atoms with Crippen molar-refractivity contribution in [3.8, 4) is 17.2 Å². The van der Waals surface area contributed by atoms with Crippen LogP contribution in [-0.4, -0.2) is 23.3 Å². The van der Waals surface area contributed by atoms with E-state index >= 15 is 0 Å². The van der Waals surface area contributed by atoms with Crippen LogP contribution < -0.4 is 10.1 Å². The average molecular weight is 418 g/mol. The maximum Gasteiger partial charge on any atom is 0.407 e. The molecule has 2 N–H and O–H groups in total. The quantitative estimate of drug-likeness (QED) is 0.554. The molecule has 30 heavy (non-hydrogen) atoms. The lowest BCUT2D eigenvalue weighted by molar-refractivity contribution is 0.0528. The average Bonchev–Trinajstić information content (AvgIpc) is 2.69. The predicted octanol–water partition coefficient (Wildman–Crippen LogP) is 6.92. The zero-order valence-corrected chi connectivity index (χ0v) is 20.1. The molecular weight excluding hydrogens is 378 g/mol. The largest absolute Gasteiger partial charge is 0.507 e. The summed E-state index contributed by atoms with van der Waals surface area (Å²) in [6, 6.07) is 11.3. The van der Waals surface area contributed by atoms with Gasteiger partial charge in [-0.2, -0.15) is 0 Å². The molecule has 2 rings (SSSR count). The molecule has 5 nitrogen and oxygen atoms in total. The second-order valence-corrected chi connectivity index (χ2v) is 7.33. The van der Waals surface area contributed by atoms with E-state index in [4.69, 9.17) is 9.47 Å². The summed E-state index contributed by atoms with van der Waals surface area (Å²) in [5.41, 5.74) is 2.16. The summed E-state index contributed by atoms with van der Waals surface area (Å²) in [6.07, 6.45) is 0.298. The molecule has 0 bridgehead atoms. The zero-order chi connectivity index (χ0) is 23.3. The van der Waals surface area contributed by atoms with Gasteiger partial charge in [0.25, 0.3) is 0 Å². The first-order valence-electron chi connectivity index (χ1n) is 10.7. The Bertz CT molecular complexity index is 739. The number of rotatable bonds is 5. The van der Waals surface area contributed by atoms with E-state index in [-0.39, 0.29) is 0 Å². The van der Waals surface area contributed by atoms with E-state index in [9.17, 15) is 9.90 Å². The number of nitrogens with one attached hydrogen (secondary N) is 1. The minimum atomic E-state index is -0.492. The highest BCUT2D eigenvalue weighted by atomic mass is 16.6. The van der Waals surface area contributed by atoms with Gasteiger partial charge in [0.05, 0.1) is 0 Å². The summed E-state index contributed by atoms with van der Waals surface area (Å²) in [6.45, 7) is 17.7. The van der Waals surface area contributed by atoms with Crippen molar-refractivity contribution in [3.05, 3.63) is 53.1 Å². The highest BCUT2D eigenvalue weighted by Crippen LogP contribution is 2.30. The second kappa shape index (κ2) is 13.5. The Labute approximate surface area is 182 Å². The number of ether oxygens (including phenoxy) is 2. The van der Waals surface area contributed by atoms with Gasteiger partial charge in [-0.3, -0.25) is 0 Å². The van der Waals surface area contributed by atoms with Crippen LogP contribution in [0.1, 0.15) is 65.2 Å². The Morgan fingerprint density at radius 3 is 1.90 bits per heavy atom. The molecule has 0 unspecified atom stereocenters. The van der Waals surface area contributed by atoms with E-state index < -0.39 is 11.7 Å². The van der Waals surface area contributed by atoms with Crippen molar-refractivity contribution < 1.29 is 19.4 Å². The van der Waals surface area contributed by atoms with Crippen LogP contribution in [0.4, 0.5) is 4.79 Å². The van der Waals surface area contributed by atoms with Crippen molar-refractivity contribution in [1.82, 2.24) is 5.32 Å². The van der Waals surface area contributed by atoms with Gasteiger partial charge in [0.1, 0.15) is 22.8 Å². The van der Waals surface area contributed by atoms with Gasteiger partial charge in [0, 0.05) is 6.54 Å². The van der Waals surface area contributed by atoms with Crippen molar-refractivity contribution >= 4 is 6.09 Å². The molecule has 2 aromatic carbocycles. The summed E-state index contributed by atoms with van der Waals surface area (Å²) in [5, 5.41) is 12.6. The van der Waals surface area contributed by atoms with Gasteiger partial charge in [-0.1, -0.05) is 39.8 Å². The van der Waals surface area contributed by atoms with Crippen LogP contribution in [0.2, 0.25) is 0 Å². The van der Waals surface area contributed by atoms with E-state index in [1.54, 1.807) is 12.1 Å². The topological polar surface area (TPSA) is 67.8 Å². The molecule has 2 aromatic rings.